The molecule has 1 aliphatic carbocycles. The van der Waals surface area contributed by atoms with Gasteiger partial charge in [0.15, 0.2) is 15.0 Å². The lowest BCUT2D eigenvalue weighted by Crippen LogP contribution is -2.38. The van der Waals surface area contributed by atoms with Crippen molar-refractivity contribution in [3.8, 4) is 11.5 Å². The van der Waals surface area contributed by atoms with Crippen LogP contribution in [0.3, 0.4) is 0 Å². The maximum Gasteiger partial charge on any atom is 0.248 e. The van der Waals surface area contributed by atoms with E-state index in [1.165, 1.54) is 51.7 Å². The second-order valence-corrected chi connectivity index (χ2v) is 12.1. The van der Waals surface area contributed by atoms with Crippen molar-refractivity contribution in [1.82, 2.24) is 0 Å². The summed E-state index contributed by atoms with van der Waals surface area (Å²) in [7, 11) is -0.118. The number of carbonyl (C=O) groups is 1. The topological polar surface area (TPSA) is 85.3 Å². The Kier molecular flexibility index (Phi) is 6.74. The van der Waals surface area contributed by atoms with Crippen LogP contribution in [0.25, 0.3) is 0 Å². The molecule has 170 valence electrons. The number of anilines is 1. The number of benzene rings is 1. The molecule has 0 N–H and O–H groups in total. The molecule has 31 heavy (non-hydrogen) atoms. The minimum atomic E-state index is -3.16. The highest BCUT2D eigenvalue weighted by atomic mass is 35.5. The van der Waals surface area contributed by atoms with Gasteiger partial charge in [0.1, 0.15) is 11.5 Å². The molecule has 2 atom stereocenters. The summed E-state index contributed by atoms with van der Waals surface area (Å²) < 4.78 is 35.4. The zero-order valence-electron chi connectivity index (χ0n) is 17.7. The second kappa shape index (κ2) is 9.19. The molecule has 1 saturated carbocycles. The molecule has 1 aromatic carbocycles. The van der Waals surface area contributed by atoms with Crippen LogP contribution >= 0.6 is 23.4 Å². The SMILES string of the molecule is COc1cc(OC)c(N2C(=NC(=O)CCC3CCCC3)S[C@H]3CS(=O)(=O)C[C@@H]32)cc1Cl. The summed E-state index contributed by atoms with van der Waals surface area (Å²) in [4.78, 5) is 18.9. The molecule has 0 spiro atoms. The van der Waals surface area contributed by atoms with E-state index in [1.54, 1.807) is 12.1 Å². The summed E-state index contributed by atoms with van der Waals surface area (Å²) in [6, 6.07) is 3.03. The van der Waals surface area contributed by atoms with Crippen molar-refractivity contribution in [3.63, 3.8) is 0 Å². The summed E-state index contributed by atoms with van der Waals surface area (Å²) in [5, 5.41) is 0.706. The van der Waals surface area contributed by atoms with Crippen molar-refractivity contribution in [1.29, 1.82) is 0 Å². The minimum Gasteiger partial charge on any atom is -0.495 e. The molecule has 1 aromatic rings. The van der Waals surface area contributed by atoms with E-state index in [0.717, 1.165) is 6.42 Å². The highest BCUT2D eigenvalue weighted by molar-refractivity contribution is 8.16. The Hall–Kier alpha value is -1.45. The molecule has 0 unspecified atom stereocenters. The molecule has 4 rings (SSSR count). The van der Waals surface area contributed by atoms with Gasteiger partial charge < -0.3 is 14.4 Å². The number of methoxy groups -OCH3 is 2. The molecule has 3 aliphatic rings. The van der Waals surface area contributed by atoms with Gasteiger partial charge in [0, 0.05) is 17.7 Å². The Morgan fingerprint density at radius 3 is 2.58 bits per heavy atom. The highest BCUT2D eigenvalue weighted by Crippen LogP contribution is 2.46. The van der Waals surface area contributed by atoms with Crippen LogP contribution in [-0.2, 0) is 14.6 Å². The van der Waals surface area contributed by atoms with E-state index in [2.05, 4.69) is 4.99 Å². The number of fused-ring (bicyclic) bond motifs is 1. The van der Waals surface area contributed by atoms with Crippen molar-refractivity contribution in [3.05, 3.63) is 17.2 Å². The van der Waals surface area contributed by atoms with Crippen LogP contribution in [0.1, 0.15) is 38.5 Å². The monoisotopic (exact) mass is 486 g/mol. The van der Waals surface area contributed by atoms with Crippen molar-refractivity contribution >= 4 is 50.0 Å². The number of hydrogen-bond acceptors (Lipinski definition) is 6. The zero-order valence-corrected chi connectivity index (χ0v) is 20.1. The van der Waals surface area contributed by atoms with Gasteiger partial charge >= 0.3 is 0 Å². The zero-order chi connectivity index (χ0) is 22.2. The van der Waals surface area contributed by atoms with Crippen LogP contribution in [0.2, 0.25) is 5.02 Å². The number of nitrogens with zero attached hydrogens (tertiary/aromatic N) is 2. The molecule has 7 nitrogen and oxygen atoms in total. The quantitative estimate of drug-likeness (QED) is 0.602. The van der Waals surface area contributed by atoms with Crippen LogP contribution in [0.5, 0.6) is 11.5 Å². The number of carbonyl (C=O) groups excluding carboxylic acids is 1. The predicted octanol–water partition coefficient (Wildman–Crippen LogP) is 3.93. The number of sulfone groups is 1. The third kappa shape index (κ3) is 4.83. The van der Waals surface area contributed by atoms with E-state index in [1.807, 2.05) is 4.90 Å². The fourth-order valence-electron chi connectivity index (χ4n) is 4.67. The van der Waals surface area contributed by atoms with Gasteiger partial charge in [-0.2, -0.15) is 4.99 Å². The number of thioether (sulfide) groups is 1. The lowest BCUT2D eigenvalue weighted by atomic mass is 10.0. The van der Waals surface area contributed by atoms with Crippen molar-refractivity contribution in [2.75, 3.05) is 30.6 Å². The Bertz CT molecular complexity index is 992. The standard InChI is InChI=1S/C21H27ClN2O5S2/c1-28-17-10-18(29-2)15(9-14(17)22)24-16-11-31(26,27)12-19(16)30-21(24)23-20(25)8-7-13-5-3-4-6-13/h9-10,13,16,19H,3-8,11-12H2,1-2H3/t16-,19-/m0/s1. The van der Waals surface area contributed by atoms with Crippen LogP contribution in [0.15, 0.2) is 17.1 Å². The first kappa shape index (κ1) is 22.7. The van der Waals surface area contributed by atoms with Gasteiger partial charge in [0.2, 0.25) is 5.91 Å². The second-order valence-electron chi connectivity index (χ2n) is 8.31. The number of rotatable bonds is 6. The van der Waals surface area contributed by atoms with E-state index >= 15 is 0 Å². The van der Waals surface area contributed by atoms with Crippen LogP contribution in [-0.4, -0.2) is 56.5 Å². The Morgan fingerprint density at radius 1 is 1.19 bits per heavy atom. The van der Waals surface area contributed by atoms with E-state index in [-0.39, 0.29) is 28.7 Å². The first-order chi connectivity index (χ1) is 14.8. The average Bonchev–Trinajstić information content (AvgIpc) is 3.41. The molecular formula is C21H27ClN2O5S2. The lowest BCUT2D eigenvalue weighted by Gasteiger charge is -2.27. The molecule has 0 radical (unpaired) electrons. The van der Waals surface area contributed by atoms with E-state index in [4.69, 9.17) is 21.1 Å². The molecule has 2 heterocycles. The average molecular weight is 487 g/mol. The van der Waals surface area contributed by atoms with Gasteiger partial charge in [-0.25, -0.2) is 8.42 Å². The summed E-state index contributed by atoms with van der Waals surface area (Å²) in [6.45, 7) is 0. The Balaban J connectivity index is 1.65. The van der Waals surface area contributed by atoms with Gasteiger partial charge in [0.05, 0.1) is 42.5 Å². The molecule has 0 aromatic heterocycles. The molecule has 2 saturated heterocycles. The fourth-order valence-corrected chi connectivity index (χ4v) is 8.83. The molecule has 1 amide bonds. The van der Waals surface area contributed by atoms with Crippen molar-refractivity contribution in [2.24, 2.45) is 10.9 Å². The number of ether oxygens (including phenoxy) is 2. The minimum absolute atomic E-state index is 0.00670. The van der Waals surface area contributed by atoms with Crippen LogP contribution in [0.4, 0.5) is 5.69 Å². The molecule has 3 fully saturated rings. The smallest absolute Gasteiger partial charge is 0.248 e. The number of amides is 1. The van der Waals surface area contributed by atoms with E-state index < -0.39 is 9.84 Å². The maximum atomic E-state index is 12.7. The Labute approximate surface area is 192 Å². The first-order valence-electron chi connectivity index (χ1n) is 10.5. The third-order valence-electron chi connectivity index (χ3n) is 6.24. The van der Waals surface area contributed by atoms with Crippen molar-refractivity contribution in [2.45, 2.75) is 49.8 Å². The van der Waals surface area contributed by atoms with Gasteiger partial charge in [-0.1, -0.05) is 49.0 Å². The number of hydrogen-bond donors (Lipinski definition) is 0. The number of aliphatic imine (C=N–C) groups is 1. The Morgan fingerprint density at radius 2 is 1.90 bits per heavy atom. The van der Waals surface area contributed by atoms with Gasteiger partial charge in [-0.05, 0) is 18.4 Å². The maximum absolute atomic E-state index is 12.7. The summed E-state index contributed by atoms with van der Waals surface area (Å²) in [5.74, 6) is 1.46. The highest BCUT2D eigenvalue weighted by Gasteiger charge is 2.50. The number of halogens is 1. The van der Waals surface area contributed by atoms with Gasteiger partial charge in [-0.15, -0.1) is 0 Å². The largest absolute Gasteiger partial charge is 0.495 e. The third-order valence-corrected chi connectivity index (χ3v) is 9.75. The molecule has 10 heteroatoms. The lowest BCUT2D eigenvalue weighted by molar-refractivity contribution is -0.118. The molecule has 0 bridgehead atoms. The van der Waals surface area contributed by atoms with Crippen molar-refractivity contribution < 1.29 is 22.7 Å². The summed E-state index contributed by atoms with van der Waals surface area (Å²) >= 11 is 7.73. The molecule has 2 aliphatic heterocycles. The predicted molar refractivity (Wildman–Crippen MR) is 124 cm³/mol. The van der Waals surface area contributed by atoms with Crippen LogP contribution < -0.4 is 14.4 Å². The van der Waals surface area contributed by atoms with Gasteiger partial charge in [-0.3, -0.25) is 4.79 Å². The molecular weight excluding hydrogens is 460 g/mol. The normalized spacial score (nSPS) is 26.4. The van der Waals surface area contributed by atoms with Gasteiger partial charge in [0.25, 0.3) is 0 Å². The van der Waals surface area contributed by atoms with Crippen LogP contribution in [0, 0.1) is 5.92 Å². The van der Waals surface area contributed by atoms with E-state index in [9.17, 15) is 13.2 Å². The summed E-state index contributed by atoms with van der Waals surface area (Å²) in [5.41, 5.74) is 0.591. The first-order valence-corrected chi connectivity index (χ1v) is 13.6. The number of amidine groups is 1. The summed E-state index contributed by atoms with van der Waals surface area (Å²) in [6.07, 6.45) is 6.14. The van der Waals surface area contributed by atoms with E-state index in [0.29, 0.717) is 39.7 Å². The fraction of sp³-hybridized carbons (Fsp3) is 0.619.